The zero-order valence-corrected chi connectivity index (χ0v) is 31.8. The van der Waals surface area contributed by atoms with Crippen molar-refractivity contribution in [3.8, 4) is 11.1 Å². The maximum Gasteiger partial charge on any atom is 0.159 e. The predicted octanol–water partition coefficient (Wildman–Crippen LogP) is 13.2. The summed E-state index contributed by atoms with van der Waals surface area (Å²) < 4.78 is 11.8. The lowest BCUT2D eigenvalue weighted by Gasteiger charge is -2.27. The van der Waals surface area contributed by atoms with Gasteiger partial charge >= 0.3 is 0 Å². The van der Waals surface area contributed by atoms with Gasteiger partial charge in [0.15, 0.2) is 5.84 Å². The van der Waals surface area contributed by atoms with Crippen molar-refractivity contribution < 1.29 is 4.42 Å². The third-order valence-electron chi connectivity index (χ3n) is 11.9. The number of hydrogen-bond acceptors (Lipinski definition) is 5. The molecule has 2 aliphatic carbocycles. The fourth-order valence-corrected chi connectivity index (χ4v) is 10.5. The SMILES string of the molecule is C1=CCC(C2=NC(c3cccc4sc5cc(-c6cccc7c8c(oc67)C=CCC8n6c7ccccc7c7ccccc76)ccc5c34)=NC(c3ccccc3)N2)C=C1. The number of rotatable bonds is 5. The van der Waals surface area contributed by atoms with Gasteiger partial charge in [-0.15, -0.1) is 11.3 Å². The molecule has 57 heavy (non-hydrogen) atoms. The first-order valence-electron chi connectivity index (χ1n) is 19.7. The van der Waals surface area contributed by atoms with Crippen LogP contribution in [0.1, 0.15) is 47.5 Å². The van der Waals surface area contributed by atoms with Gasteiger partial charge in [-0.3, -0.25) is 0 Å². The Morgan fingerprint density at radius 1 is 0.667 bits per heavy atom. The van der Waals surface area contributed by atoms with E-state index in [1.54, 1.807) is 0 Å². The van der Waals surface area contributed by atoms with Crippen LogP contribution in [0.15, 0.2) is 178 Å². The lowest BCUT2D eigenvalue weighted by molar-refractivity contribution is 0.563. The summed E-state index contributed by atoms with van der Waals surface area (Å²) in [6.45, 7) is 0. The Hall–Kier alpha value is -6.76. The van der Waals surface area contributed by atoms with Gasteiger partial charge in [0.25, 0.3) is 0 Å². The molecule has 3 aromatic heterocycles. The Morgan fingerprint density at radius 2 is 1.44 bits per heavy atom. The quantitative estimate of drug-likeness (QED) is 0.190. The van der Waals surface area contributed by atoms with E-state index in [1.165, 1.54) is 52.9 Å². The van der Waals surface area contributed by atoms with Gasteiger partial charge in [0, 0.05) is 70.0 Å². The number of thiophene rings is 1. The summed E-state index contributed by atoms with van der Waals surface area (Å²) in [4.78, 5) is 10.5. The minimum absolute atomic E-state index is 0.114. The van der Waals surface area contributed by atoms with Crippen molar-refractivity contribution in [3.05, 3.63) is 186 Å². The Balaban J connectivity index is 0.979. The van der Waals surface area contributed by atoms with Crippen molar-refractivity contribution in [2.75, 3.05) is 0 Å². The van der Waals surface area contributed by atoms with Crippen molar-refractivity contribution >= 4 is 82.0 Å². The topological polar surface area (TPSA) is 54.8 Å². The van der Waals surface area contributed by atoms with E-state index >= 15 is 0 Å². The van der Waals surface area contributed by atoms with E-state index in [0.29, 0.717) is 0 Å². The summed E-state index contributed by atoms with van der Waals surface area (Å²) >= 11 is 1.82. The third-order valence-corrected chi connectivity index (χ3v) is 13.0. The molecule has 6 aromatic carbocycles. The molecule has 3 atom stereocenters. The number of hydrogen-bond donors (Lipinski definition) is 1. The van der Waals surface area contributed by atoms with Crippen LogP contribution >= 0.6 is 11.3 Å². The monoisotopic (exact) mass is 752 g/mol. The summed E-state index contributed by atoms with van der Waals surface area (Å²) in [5.74, 6) is 2.85. The molecule has 0 bridgehead atoms. The Labute approximate surface area is 333 Å². The summed E-state index contributed by atoms with van der Waals surface area (Å²) in [7, 11) is 0. The summed E-state index contributed by atoms with van der Waals surface area (Å²) in [5, 5.41) is 9.82. The van der Waals surface area contributed by atoms with Gasteiger partial charge in [-0.2, -0.15) is 0 Å². The van der Waals surface area contributed by atoms with E-state index in [4.69, 9.17) is 14.4 Å². The molecule has 3 aliphatic rings. The maximum absolute atomic E-state index is 6.86. The molecule has 0 saturated carbocycles. The zero-order chi connectivity index (χ0) is 37.5. The highest BCUT2D eigenvalue weighted by Crippen LogP contribution is 2.46. The maximum atomic E-state index is 6.86. The number of benzene rings is 6. The number of allylic oxidation sites excluding steroid dienone is 4. The van der Waals surface area contributed by atoms with E-state index < -0.39 is 0 Å². The number of amidine groups is 2. The highest BCUT2D eigenvalue weighted by atomic mass is 32.1. The minimum Gasteiger partial charge on any atom is -0.456 e. The fraction of sp³-hybridized carbons (Fsp3) is 0.0980. The average Bonchev–Trinajstić information content (AvgIpc) is 3.96. The molecule has 0 amide bonds. The van der Waals surface area contributed by atoms with Crippen LogP contribution in [0, 0.1) is 5.92 Å². The van der Waals surface area contributed by atoms with Crippen molar-refractivity contribution in [3.63, 3.8) is 0 Å². The molecule has 0 fully saturated rings. The average molecular weight is 753 g/mol. The number of furan rings is 1. The molecule has 0 saturated heterocycles. The smallest absolute Gasteiger partial charge is 0.159 e. The molecule has 0 spiro atoms. The second-order valence-electron chi connectivity index (χ2n) is 15.2. The first kappa shape index (κ1) is 32.5. The largest absolute Gasteiger partial charge is 0.456 e. The van der Waals surface area contributed by atoms with E-state index in [9.17, 15) is 0 Å². The number of para-hydroxylation sites is 3. The van der Waals surface area contributed by atoms with Gasteiger partial charge in [0.2, 0.25) is 0 Å². The van der Waals surface area contributed by atoms with Crippen LogP contribution in [0.25, 0.3) is 70.2 Å². The molecule has 0 radical (unpaired) electrons. The molecule has 1 aliphatic heterocycles. The molecule has 1 N–H and O–H groups in total. The molecule has 9 aromatic rings. The van der Waals surface area contributed by atoms with Crippen LogP contribution in [0.5, 0.6) is 0 Å². The first-order chi connectivity index (χ1) is 28.3. The molecule has 6 heteroatoms. The first-order valence-corrected chi connectivity index (χ1v) is 20.6. The zero-order valence-electron chi connectivity index (χ0n) is 31.0. The molecule has 3 unspecified atom stereocenters. The van der Waals surface area contributed by atoms with Crippen LogP contribution < -0.4 is 5.32 Å². The van der Waals surface area contributed by atoms with Crippen molar-refractivity contribution in [1.82, 2.24) is 9.88 Å². The predicted molar refractivity (Wildman–Crippen MR) is 238 cm³/mol. The Kier molecular flexibility index (Phi) is 7.35. The molecular weight excluding hydrogens is 717 g/mol. The highest BCUT2D eigenvalue weighted by Gasteiger charge is 2.30. The second kappa shape index (κ2) is 12.9. The lowest BCUT2D eigenvalue weighted by atomic mass is 9.93. The van der Waals surface area contributed by atoms with Gasteiger partial charge in [-0.1, -0.05) is 140 Å². The highest BCUT2D eigenvalue weighted by molar-refractivity contribution is 7.26. The summed E-state index contributed by atoms with van der Waals surface area (Å²) in [5.41, 5.74) is 9.12. The molecule has 5 nitrogen and oxygen atoms in total. The van der Waals surface area contributed by atoms with Gasteiger partial charge in [0.05, 0.1) is 6.04 Å². The molecular formula is C51H36N4OS. The van der Waals surface area contributed by atoms with Crippen LogP contribution in [0.3, 0.4) is 0 Å². The third kappa shape index (κ3) is 5.14. The van der Waals surface area contributed by atoms with Crippen LogP contribution in [0.4, 0.5) is 0 Å². The number of fused-ring (bicyclic) bond motifs is 9. The van der Waals surface area contributed by atoms with Crippen LogP contribution in [-0.2, 0) is 0 Å². The van der Waals surface area contributed by atoms with E-state index in [1.807, 2.05) is 11.3 Å². The number of nitrogens with zero attached hydrogens (tertiary/aromatic N) is 3. The molecule has 12 rings (SSSR count). The normalized spacial score (nSPS) is 19.1. The van der Waals surface area contributed by atoms with Crippen molar-refractivity contribution in [2.45, 2.75) is 25.0 Å². The minimum atomic E-state index is -0.219. The Bertz CT molecular complexity index is 3190. The van der Waals surface area contributed by atoms with Gasteiger partial charge in [-0.05, 0) is 54.3 Å². The lowest BCUT2D eigenvalue weighted by Crippen LogP contribution is -2.37. The van der Waals surface area contributed by atoms with E-state index in [0.717, 1.165) is 58.1 Å². The molecule has 272 valence electrons. The van der Waals surface area contributed by atoms with Crippen LogP contribution in [0.2, 0.25) is 0 Å². The molecule has 4 heterocycles. The second-order valence-corrected chi connectivity index (χ2v) is 16.3. The number of aromatic nitrogens is 1. The fourth-order valence-electron chi connectivity index (χ4n) is 9.34. The van der Waals surface area contributed by atoms with Crippen molar-refractivity contribution in [2.24, 2.45) is 15.9 Å². The van der Waals surface area contributed by atoms with E-state index in [2.05, 4.69) is 180 Å². The van der Waals surface area contributed by atoms with Gasteiger partial charge in [-0.25, -0.2) is 9.98 Å². The standard InChI is InChI=1S/C51H36N4OS/c1-3-14-31(15-4-1)49-52-50(32-16-5-2-6-17-32)54-51(53-49)39-22-12-27-44-46(39)37-29-28-33(30-45(37)57-44)34-20-11-21-38-47-42(25-13-26-43(47)56-48(34)38)55-40-23-9-7-18-35(40)36-19-8-10-24-41(36)55/h1-16,18-24,26-30,32,42,49H,17,25H2,(H,52,53,54). The Morgan fingerprint density at radius 3 is 2.26 bits per heavy atom. The number of aliphatic imine (C=N–C) groups is 2. The number of nitrogens with one attached hydrogen (secondary N) is 1. The van der Waals surface area contributed by atoms with E-state index in [-0.39, 0.29) is 18.1 Å². The van der Waals surface area contributed by atoms with Gasteiger partial charge in [0.1, 0.15) is 23.3 Å². The van der Waals surface area contributed by atoms with Gasteiger partial charge < -0.3 is 14.3 Å². The van der Waals surface area contributed by atoms with Crippen molar-refractivity contribution in [1.29, 1.82) is 0 Å². The summed E-state index contributed by atoms with van der Waals surface area (Å²) in [6.07, 6.45) is 14.7. The summed E-state index contributed by atoms with van der Waals surface area (Å²) in [6, 6.07) is 48.2. The van der Waals surface area contributed by atoms with Crippen LogP contribution in [-0.4, -0.2) is 16.2 Å².